The van der Waals surface area contributed by atoms with Crippen LogP contribution in [0.2, 0.25) is 0 Å². The van der Waals surface area contributed by atoms with Gasteiger partial charge in [-0.1, -0.05) is 24.3 Å². The number of aliphatic imine (C=N–C) groups is 1. The van der Waals surface area contributed by atoms with Crippen molar-refractivity contribution in [2.24, 2.45) is 4.99 Å². The van der Waals surface area contributed by atoms with Gasteiger partial charge in [-0.25, -0.2) is 13.6 Å². The highest BCUT2D eigenvalue weighted by Crippen LogP contribution is 2.25. The monoisotopic (exact) mass is 488 g/mol. The van der Waals surface area contributed by atoms with Gasteiger partial charge < -0.3 is 15.4 Å². The van der Waals surface area contributed by atoms with Crippen molar-refractivity contribution in [3.63, 3.8) is 0 Å². The summed E-state index contributed by atoms with van der Waals surface area (Å²) >= 11 is 0. The molecule has 0 saturated carbocycles. The Kier molecular flexibility index (Phi) is 6.53. The van der Waals surface area contributed by atoms with Gasteiger partial charge in [0.05, 0.1) is 30.4 Å². The highest BCUT2D eigenvalue weighted by molar-refractivity contribution is 6.19. The number of halogens is 2. The SMILES string of the molecule is O=C1NC[C@H]([C@@H](Cc2ccccn2)NC(=O)c2cccc(F)c2C2=NCC(c3ccc(F)cc3)=C2)O1. The number of hydrogen-bond acceptors (Lipinski definition) is 5. The average Bonchev–Trinajstić information content (AvgIpc) is 3.54. The molecule has 2 N–H and O–H groups in total. The van der Waals surface area contributed by atoms with Crippen LogP contribution in [0.25, 0.3) is 5.57 Å². The van der Waals surface area contributed by atoms with Crippen LogP contribution >= 0.6 is 0 Å². The molecule has 2 aliphatic rings. The highest BCUT2D eigenvalue weighted by atomic mass is 19.1. The third-order valence-corrected chi connectivity index (χ3v) is 6.09. The molecule has 36 heavy (non-hydrogen) atoms. The molecule has 1 saturated heterocycles. The summed E-state index contributed by atoms with van der Waals surface area (Å²) in [6.07, 6.45) is 2.48. The molecule has 3 aromatic rings. The highest BCUT2D eigenvalue weighted by Gasteiger charge is 2.33. The summed E-state index contributed by atoms with van der Waals surface area (Å²) in [5, 5.41) is 5.50. The second-order valence-corrected chi connectivity index (χ2v) is 8.47. The van der Waals surface area contributed by atoms with Crippen molar-refractivity contribution in [3.8, 4) is 0 Å². The lowest BCUT2D eigenvalue weighted by Gasteiger charge is -2.23. The number of allylic oxidation sites excluding steroid dienone is 1. The Labute approximate surface area is 205 Å². The fraction of sp³-hybridized carbons (Fsp3) is 0.185. The first-order valence-electron chi connectivity index (χ1n) is 11.4. The normalized spacial score (nSPS) is 17.6. The van der Waals surface area contributed by atoms with E-state index in [0.717, 1.165) is 11.1 Å². The van der Waals surface area contributed by atoms with Crippen LogP contribution in [0.4, 0.5) is 13.6 Å². The molecule has 7 nitrogen and oxygen atoms in total. The Hall–Kier alpha value is -4.40. The van der Waals surface area contributed by atoms with Crippen LogP contribution in [0.15, 0.2) is 77.9 Å². The van der Waals surface area contributed by atoms with E-state index >= 15 is 4.39 Å². The van der Waals surface area contributed by atoms with Crippen molar-refractivity contribution in [1.29, 1.82) is 0 Å². The number of carbonyl (C=O) groups is 2. The average molecular weight is 488 g/mol. The second-order valence-electron chi connectivity index (χ2n) is 8.47. The molecule has 0 radical (unpaired) electrons. The second kappa shape index (κ2) is 10.1. The molecule has 0 bridgehead atoms. The Morgan fingerprint density at radius 3 is 2.67 bits per heavy atom. The van der Waals surface area contributed by atoms with Crippen LogP contribution in [0, 0.1) is 11.6 Å². The largest absolute Gasteiger partial charge is 0.442 e. The predicted molar refractivity (Wildman–Crippen MR) is 130 cm³/mol. The van der Waals surface area contributed by atoms with Gasteiger partial charge in [-0.3, -0.25) is 14.8 Å². The summed E-state index contributed by atoms with van der Waals surface area (Å²) in [6.45, 7) is 0.505. The molecule has 2 amide bonds. The molecule has 2 aromatic carbocycles. The van der Waals surface area contributed by atoms with Crippen LogP contribution in [-0.2, 0) is 11.2 Å². The number of alkyl carbamates (subject to hydrolysis) is 1. The fourth-order valence-corrected chi connectivity index (χ4v) is 4.29. The van der Waals surface area contributed by atoms with E-state index in [1.54, 1.807) is 30.5 Å². The number of pyridine rings is 1. The van der Waals surface area contributed by atoms with E-state index in [1.807, 2.05) is 12.1 Å². The molecule has 182 valence electrons. The van der Waals surface area contributed by atoms with Gasteiger partial charge >= 0.3 is 6.09 Å². The first-order chi connectivity index (χ1) is 17.5. The minimum Gasteiger partial charge on any atom is -0.442 e. The molecule has 2 atom stereocenters. The fourth-order valence-electron chi connectivity index (χ4n) is 4.29. The molecule has 9 heteroatoms. The van der Waals surface area contributed by atoms with Gasteiger partial charge in [0.1, 0.15) is 17.7 Å². The molecule has 1 aromatic heterocycles. The number of rotatable bonds is 7. The number of cyclic esters (lactones) is 1. The molecule has 3 heterocycles. The van der Waals surface area contributed by atoms with E-state index in [0.29, 0.717) is 17.8 Å². The zero-order valence-electron chi connectivity index (χ0n) is 19.1. The lowest BCUT2D eigenvalue weighted by molar-refractivity contribution is 0.0838. The van der Waals surface area contributed by atoms with Crippen molar-refractivity contribution in [1.82, 2.24) is 15.6 Å². The standard InChI is InChI=1S/C27H22F2N4O3/c28-18-9-7-16(8-10-18)17-12-23(31-14-17)25-20(5-3-6-21(25)29)26(34)33-22(24-15-32-27(35)36-24)13-19-4-1-2-11-30-19/h1-12,22,24H,13-15H2,(H,32,35)(H,33,34)/t22-,24-/m1/s1. The number of benzene rings is 2. The Bertz CT molecular complexity index is 1360. The summed E-state index contributed by atoms with van der Waals surface area (Å²) in [5.41, 5.74) is 2.77. The number of nitrogens with zero attached hydrogens (tertiary/aromatic N) is 2. The summed E-state index contributed by atoms with van der Waals surface area (Å²) < 4.78 is 33.7. The van der Waals surface area contributed by atoms with Crippen LogP contribution < -0.4 is 10.6 Å². The van der Waals surface area contributed by atoms with Crippen molar-refractivity contribution >= 4 is 23.3 Å². The molecule has 0 aliphatic carbocycles. The number of hydrogen-bond donors (Lipinski definition) is 2. The zero-order valence-corrected chi connectivity index (χ0v) is 19.1. The van der Waals surface area contributed by atoms with E-state index < -0.39 is 30.0 Å². The lowest BCUT2D eigenvalue weighted by Crippen LogP contribution is -2.46. The van der Waals surface area contributed by atoms with Gasteiger partial charge in [-0.2, -0.15) is 0 Å². The first kappa shape index (κ1) is 23.3. The summed E-state index contributed by atoms with van der Waals surface area (Å²) in [5.74, 6) is -1.47. The quantitative estimate of drug-likeness (QED) is 0.531. The van der Waals surface area contributed by atoms with Crippen LogP contribution in [0.5, 0.6) is 0 Å². The molecular formula is C27H22F2N4O3. The Morgan fingerprint density at radius 1 is 1.11 bits per heavy atom. The molecule has 2 aliphatic heterocycles. The zero-order chi connectivity index (χ0) is 25.1. The summed E-state index contributed by atoms with van der Waals surface area (Å²) in [7, 11) is 0. The van der Waals surface area contributed by atoms with Crippen LogP contribution in [0.1, 0.15) is 27.2 Å². The van der Waals surface area contributed by atoms with Gasteiger partial charge in [0, 0.05) is 23.9 Å². The van der Waals surface area contributed by atoms with Crippen LogP contribution in [0.3, 0.4) is 0 Å². The molecule has 1 fully saturated rings. The van der Waals surface area contributed by atoms with Gasteiger partial charge in [-0.05, 0) is 53.6 Å². The van der Waals surface area contributed by atoms with E-state index in [4.69, 9.17) is 4.74 Å². The minimum atomic E-state index is -0.616. The van der Waals surface area contributed by atoms with E-state index in [2.05, 4.69) is 20.6 Å². The van der Waals surface area contributed by atoms with Crippen molar-refractivity contribution < 1.29 is 23.1 Å². The number of aromatic nitrogens is 1. The van der Waals surface area contributed by atoms with E-state index in [1.165, 1.54) is 30.3 Å². The van der Waals surface area contributed by atoms with Crippen LogP contribution in [-0.4, -0.2) is 47.9 Å². The summed E-state index contributed by atoms with van der Waals surface area (Å²) in [6, 6.07) is 15.0. The Balaban J connectivity index is 1.42. The summed E-state index contributed by atoms with van der Waals surface area (Å²) in [4.78, 5) is 33.8. The maximum atomic E-state index is 15.1. The molecule has 0 unspecified atom stereocenters. The maximum absolute atomic E-state index is 15.1. The number of nitrogens with one attached hydrogen (secondary N) is 2. The first-order valence-corrected chi connectivity index (χ1v) is 11.4. The van der Waals surface area contributed by atoms with Gasteiger partial charge in [0.25, 0.3) is 5.91 Å². The number of amides is 2. The predicted octanol–water partition coefficient (Wildman–Crippen LogP) is 3.70. The minimum absolute atomic E-state index is 0.0743. The van der Waals surface area contributed by atoms with E-state index in [9.17, 15) is 14.0 Å². The third-order valence-electron chi connectivity index (χ3n) is 6.09. The molecule has 0 spiro atoms. The van der Waals surface area contributed by atoms with Gasteiger partial charge in [0.15, 0.2) is 0 Å². The number of carbonyl (C=O) groups excluding carboxylic acids is 2. The van der Waals surface area contributed by atoms with Crippen molar-refractivity contribution in [2.75, 3.05) is 13.1 Å². The maximum Gasteiger partial charge on any atom is 0.407 e. The Morgan fingerprint density at radius 2 is 1.94 bits per heavy atom. The van der Waals surface area contributed by atoms with E-state index in [-0.39, 0.29) is 30.0 Å². The van der Waals surface area contributed by atoms with Gasteiger partial charge in [0.2, 0.25) is 0 Å². The third kappa shape index (κ3) is 5.00. The molecule has 5 rings (SSSR count). The van der Waals surface area contributed by atoms with Crippen molar-refractivity contribution in [2.45, 2.75) is 18.6 Å². The number of ether oxygens (including phenoxy) is 1. The smallest absolute Gasteiger partial charge is 0.407 e. The topological polar surface area (TPSA) is 92.7 Å². The lowest BCUT2D eigenvalue weighted by atomic mass is 9.98. The van der Waals surface area contributed by atoms with Gasteiger partial charge in [-0.15, -0.1) is 0 Å². The van der Waals surface area contributed by atoms with Crippen molar-refractivity contribution in [3.05, 3.63) is 107 Å². The molecular weight excluding hydrogens is 466 g/mol.